The average molecular weight is 369 g/mol. The van der Waals surface area contributed by atoms with Crippen LogP contribution >= 0.6 is 0 Å². The van der Waals surface area contributed by atoms with Crippen LogP contribution in [0.5, 0.6) is 0 Å². The summed E-state index contributed by atoms with van der Waals surface area (Å²) < 4.78 is 65.4. The third-order valence-corrected chi connectivity index (χ3v) is 3.87. The van der Waals surface area contributed by atoms with Crippen molar-refractivity contribution in [2.75, 3.05) is 13.5 Å². The second-order valence-electron chi connectivity index (χ2n) is 6.28. The Bertz CT molecular complexity index is 1030. The van der Waals surface area contributed by atoms with Gasteiger partial charge in [0.05, 0.1) is 5.48 Å². The Kier molecular flexibility index (Phi) is 3.62. The minimum absolute atomic E-state index is 0.399. The SMILES string of the molecule is [2H]c1c([2H])c([2H])c2c(c1[2H])[C@H](NC(=O)[C@H](C)NC(=O)[C@@H](O)C(C)C)C(=O)N(C)C([2H])([2H])C2([2H])[2H]. The van der Waals surface area contributed by atoms with Crippen LogP contribution in [0.1, 0.15) is 48.9 Å². The van der Waals surface area contributed by atoms with Gasteiger partial charge in [0.1, 0.15) is 18.2 Å². The second-order valence-corrected chi connectivity index (χ2v) is 6.28. The van der Waals surface area contributed by atoms with Gasteiger partial charge in [-0.05, 0) is 30.3 Å². The number of likely N-dealkylation sites (N-methyl/N-ethyl adjacent to an activating group) is 1. The molecule has 7 heteroatoms. The number of fused-ring (bicyclic) bond motifs is 1. The number of aliphatic hydroxyl groups excluding tert-OH is 1. The first kappa shape index (κ1) is 11.3. The van der Waals surface area contributed by atoms with Crippen molar-refractivity contribution < 1.29 is 30.5 Å². The maximum Gasteiger partial charge on any atom is 0.249 e. The van der Waals surface area contributed by atoms with E-state index in [9.17, 15) is 19.5 Å². The fourth-order valence-corrected chi connectivity index (χ4v) is 2.22. The molecule has 2 rings (SSSR count). The van der Waals surface area contributed by atoms with Gasteiger partial charge in [-0.2, -0.15) is 0 Å². The first-order chi connectivity index (χ1) is 15.4. The number of benzene rings is 1. The zero-order valence-electron chi connectivity index (χ0n) is 22.9. The molecule has 0 saturated heterocycles. The van der Waals surface area contributed by atoms with Gasteiger partial charge in [-0.1, -0.05) is 38.0 Å². The van der Waals surface area contributed by atoms with E-state index in [0.29, 0.717) is 4.90 Å². The van der Waals surface area contributed by atoms with Gasteiger partial charge >= 0.3 is 0 Å². The van der Waals surface area contributed by atoms with Gasteiger partial charge in [-0.15, -0.1) is 0 Å². The molecule has 0 spiro atoms. The molecule has 1 aliphatic heterocycles. The summed E-state index contributed by atoms with van der Waals surface area (Å²) in [7, 11) is 0.950. The largest absolute Gasteiger partial charge is 0.383 e. The van der Waals surface area contributed by atoms with Gasteiger partial charge < -0.3 is 20.6 Å². The molecule has 26 heavy (non-hydrogen) atoms. The number of carbonyl (C=O) groups is 3. The normalized spacial score (nSPS) is 27.7. The highest BCUT2D eigenvalue weighted by Crippen LogP contribution is 2.24. The van der Waals surface area contributed by atoms with Crippen LogP contribution in [0.3, 0.4) is 0 Å². The summed E-state index contributed by atoms with van der Waals surface area (Å²) in [6.45, 7) is 1.38. The number of rotatable bonds is 5. The lowest BCUT2D eigenvalue weighted by molar-refractivity contribution is -0.137. The lowest BCUT2D eigenvalue weighted by atomic mass is 9.99. The summed E-state index contributed by atoms with van der Waals surface area (Å²) in [5.74, 6) is -3.43. The molecule has 0 radical (unpaired) electrons. The van der Waals surface area contributed by atoms with E-state index in [2.05, 4.69) is 10.6 Å². The predicted octanol–water partition coefficient (Wildman–Crippen LogP) is 0.380. The molecule has 1 aromatic rings. The number of amides is 3. The average Bonchev–Trinajstić information content (AvgIpc) is 2.79. The van der Waals surface area contributed by atoms with Crippen LogP contribution in [0.15, 0.2) is 24.2 Å². The Hall–Kier alpha value is -2.41. The Labute approximate surface area is 165 Å². The lowest BCUT2D eigenvalue weighted by Crippen LogP contribution is -2.51. The molecule has 0 bridgehead atoms. The van der Waals surface area contributed by atoms with Crippen molar-refractivity contribution in [2.45, 2.75) is 45.3 Å². The molecule has 7 nitrogen and oxygen atoms in total. The standard InChI is InChI=1S/C19H27N3O4/c1-11(2)16(23)18(25)20-12(3)17(24)21-15-14-8-6-5-7-13(14)9-10-22(4)19(15)26/h5-8,11-12,15-16,23H,9-10H2,1-4H3,(H,20,25)(H,21,24)/t12-,15-,16-/m0/s1/i5D,6D,7D,8D,9D2,10D2. The topological polar surface area (TPSA) is 98.7 Å². The molecule has 0 aliphatic carbocycles. The minimum Gasteiger partial charge on any atom is -0.383 e. The zero-order valence-corrected chi connectivity index (χ0v) is 14.9. The number of carbonyl (C=O) groups excluding carboxylic acids is 3. The van der Waals surface area contributed by atoms with Crippen LogP contribution in [0.4, 0.5) is 0 Å². The monoisotopic (exact) mass is 369 g/mol. The fraction of sp³-hybridized carbons (Fsp3) is 0.526. The first-order valence-electron chi connectivity index (χ1n) is 12.1. The highest BCUT2D eigenvalue weighted by Gasteiger charge is 2.32. The summed E-state index contributed by atoms with van der Waals surface area (Å²) >= 11 is 0. The maximum atomic E-state index is 13.2. The molecule has 0 aromatic heterocycles. The van der Waals surface area contributed by atoms with Crippen molar-refractivity contribution in [3.05, 3.63) is 35.3 Å². The van der Waals surface area contributed by atoms with Gasteiger partial charge in [-0.25, -0.2) is 0 Å². The molecule has 1 aromatic carbocycles. The summed E-state index contributed by atoms with van der Waals surface area (Å²) in [5, 5.41) is 14.4. The van der Waals surface area contributed by atoms with Gasteiger partial charge in [0.15, 0.2) is 0 Å². The highest BCUT2D eigenvalue weighted by atomic mass is 16.3. The Morgan fingerprint density at radius 3 is 2.62 bits per heavy atom. The van der Waals surface area contributed by atoms with Crippen LogP contribution < -0.4 is 10.6 Å². The Morgan fingerprint density at radius 1 is 1.31 bits per heavy atom. The van der Waals surface area contributed by atoms with Gasteiger partial charge in [0, 0.05) is 19.0 Å². The number of nitrogens with zero attached hydrogens (tertiary/aromatic N) is 1. The van der Waals surface area contributed by atoms with E-state index in [1.54, 1.807) is 13.8 Å². The van der Waals surface area contributed by atoms with E-state index in [-0.39, 0.29) is 0 Å². The van der Waals surface area contributed by atoms with Crippen molar-refractivity contribution >= 4 is 17.7 Å². The smallest absolute Gasteiger partial charge is 0.249 e. The molecule has 3 atom stereocenters. The van der Waals surface area contributed by atoms with Crippen molar-refractivity contribution in [3.63, 3.8) is 0 Å². The number of nitrogens with one attached hydrogen (secondary N) is 2. The molecule has 0 saturated carbocycles. The third kappa shape index (κ3) is 4.40. The second kappa shape index (κ2) is 8.31. The molecule has 142 valence electrons. The zero-order chi connectivity index (χ0) is 26.5. The number of hydrogen-bond acceptors (Lipinski definition) is 4. The maximum absolute atomic E-state index is 13.2. The molecule has 3 amide bonds. The van der Waals surface area contributed by atoms with E-state index >= 15 is 0 Å². The Morgan fingerprint density at radius 2 is 1.96 bits per heavy atom. The van der Waals surface area contributed by atoms with Crippen LogP contribution in [0, 0.1) is 5.92 Å². The summed E-state index contributed by atoms with van der Waals surface area (Å²) in [6, 6.07) is -6.48. The van der Waals surface area contributed by atoms with E-state index in [1.807, 2.05) is 0 Å². The van der Waals surface area contributed by atoms with Crippen molar-refractivity contribution in [1.29, 1.82) is 0 Å². The van der Waals surface area contributed by atoms with Crippen LogP contribution in [-0.4, -0.2) is 53.4 Å². The highest BCUT2D eigenvalue weighted by molar-refractivity contribution is 5.93. The van der Waals surface area contributed by atoms with Crippen molar-refractivity contribution in [2.24, 2.45) is 5.92 Å². The van der Waals surface area contributed by atoms with Crippen LogP contribution in [0.25, 0.3) is 0 Å². The molecule has 1 heterocycles. The van der Waals surface area contributed by atoms with Crippen LogP contribution in [-0.2, 0) is 20.8 Å². The molecular formula is C19H27N3O4. The summed E-state index contributed by atoms with van der Waals surface area (Å²) in [4.78, 5) is 38.5. The lowest BCUT2D eigenvalue weighted by Gasteiger charge is -2.24. The Balaban J connectivity index is 2.62. The van der Waals surface area contributed by atoms with E-state index in [0.717, 1.165) is 7.05 Å². The van der Waals surface area contributed by atoms with E-state index < -0.39 is 90.0 Å². The first-order valence-corrected chi connectivity index (χ1v) is 8.06. The minimum atomic E-state index is -3.08. The molecular weight excluding hydrogens is 334 g/mol. The molecule has 0 unspecified atom stereocenters. The quantitative estimate of drug-likeness (QED) is 0.699. The third-order valence-electron chi connectivity index (χ3n) is 3.87. The van der Waals surface area contributed by atoms with E-state index in [1.165, 1.54) is 6.92 Å². The number of aliphatic hydroxyl groups is 1. The van der Waals surface area contributed by atoms with Gasteiger partial charge in [0.2, 0.25) is 17.7 Å². The van der Waals surface area contributed by atoms with E-state index in [4.69, 9.17) is 11.0 Å². The molecule has 1 aliphatic rings. The number of hydrogen-bond donors (Lipinski definition) is 3. The van der Waals surface area contributed by atoms with Gasteiger partial charge in [0.25, 0.3) is 0 Å². The van der Waals surface area contributed by atoms with Crippen molar-refractivity contribution in [3.8, 4) is 0 Å². The predicted molar refractivity (Wildman–Crippen MR) is 97.1 cm³/mol. The fourth-order valence-electron chi connectivity index (χ4n) is 2.22. The summed E-state index contributed by atoms with van der Waals surface area (Å²) in [5.41, 5.74) is -1.40. The molecule has 3 N–H and O–H groups in total. The summed E-state index contributed by atoms with van der Waals surface area (Å²) in [6.07, 6.45) is -4.49. The van der Waals surface area contributed by atoms with Gasteiger partial charge in [-0.3, -0.25) is 14.4 Å². The van der Waals surface area contributed by atoms with Crippen LogP contribution in [0.2, 0.25) is 0 Å². The van der Waals surface area contributed by atoms with Crippen molar-refractivity contribution in [1.82, 2.24) is 15.5 Å². The molecule has 0 fully saturated rings.